The number of hydrogen-bond acceptors (Lipinski definition) is 3. The average molecular weight is 319 g/mol. The van der Waals surface area contributed by atoms with Crippen LogP contribution in [0.3, 0.4) is 0 Å². The molecule has 1 fully saturated rings. The Morgan fingerprint density at radius 2 is 1.83 bits per heavy atom. The second-order valence-corrected chi connectivity index (χ2v) is 7.03. The van der Waals surface area contributed by atoms with Gasteiger partial charge in [-0.3, -0.25) is 4.79 Å². The van der Waals surface area contributed by atoms with E-state index in [1.165, 1.54) is 0 Å². The van der Waals surface area contributed by atoms with Crippen molar-refractivity contribution in [3.05, 3.63) is 10.6 Å². The number of carboxylic acid groups (broad SMARTS) is 1. The first-order chi connectivity index (χ1) is 7.97. The van der Waals surface area contributed by atoms with Gasteiger partial charge >= 0.3 is 11.9 Å². The number of allylic oxidation sites excluding steroid dienone is 1. The fraction of sp³-hybridized carbons (Fsp3) is 0.692. The topological polar surface area (TPSA) is 63.6 Å². The van der Waals surface area contributed by atoms with Crippen molar-refractivity contribution in [1.29, 1.82) is 0 Å². The Morgan fingerprint density at radius 3 is 2.17 bits per heavy atom. The van der Waals surface area contributed by atoms with Gasteiger partial charge in [-0.2, -0.15) is 0 Å². The minimum Gasteiger partial charge on any atom is -0.481 e. The van der Waals surface area contributed by atoms with E-state index in [1.807, 2.05) is 13.8 Å². The SMILES string of the molecule is CC(C)(C)OC(=O)/C(Br)=C/C1C(C(=O)O)C1(C)C. The molecule has 18 heavy (non-hydrogen) atoms. The van der Waals surface area contributed by atoms with Crippen LogP contribution in [0.15, 0.2) is 10.6 Å². The van der Waals surface area contributed by atoms with Crippen molar-refractivity contribution < 1.29 is 19.4 Å². The molecule has 0 aliphatic heterocycles. The first kappa shape index (κ1) is 15.2. The van der Waals surface area contributed by atoms with Crippen molar-refractivity contribution in [2.24, 2.45) is 17.3 Å². The average Bonchev–Trinajstić information content (AvgIpc) is 2.64. The molecule has 2 atom stereocenters. The van der Waals surface area contributed by atoms with Gasteiger partial charge in [-0.1, -0.05) is 19.9 Å². The van der Waals surface area contributed by atoms with E-state index in [9.17, 15) is 9.59 Å². The smallest absolute Gasteiger partial charge is 0.345 e. The molecule has 0 saturated heterocycles. The van der Waals surface area contributed by atoms with Crippen LogP contribution in [-0.2, 0) is 14.3 Å². The molecular formula is C13H19BrO4. The predicted octanol–water partition coefficient (Wildman–Crippen LogP) is 2.96. The molecule has 0 spiro atoms. The monoisotopic (exact) mass is 318 g/mol. The third-order valence-corrected chi connectivity index (χ3v) is 3.68. The molecule has 2 unspecified atom stereocenters. The summed E-state index contributed by atoms with van der Waals surface area (Å²) >= 11 is 3.16. The summed E-state index contributed by atoms with van der Waals surface area (Å²) in [7, 11) is 0. The van der Waals surface area contributed by atoms with E-state index in [4.69, 9.17) is 9.84 Å². The molecule has 0 bridgehead atoms. The highest BCUT2D eigenvalue weighted by Crippen LogP contribution is 2.59. The Hall–Kier alpha value is -0.840. The maximum atomic E-state index is 11.7. The minimum absolute atomic E-state index is 0.142. The maximum Gasteiger partial charge on any atom is 0.345 e. The van der Waals surface area contributed by atoms with Crippen molar-refractivity contribution in [2.75, 3.05) is 0 Å². The van der Waals surface area contributed by atoms with E-state index < -0.39 is 23.5 Å². The van der Waals surface area contributed by atoms with Crippen LogP contribution in [-0.4, -0.2) is 22.6 Å². The summed E-state index contributed by atoms with van der Waals surface area (Å²) in [5.41, 5.74) is -0.873. The van der Waals surface area contributed by atoms with Gasteiger partial charge in [0.2, 0.25) is 0 Å². The molecule has 0 aromatic carbocycles. The third-order valence-electron chi connectivity index (χ3n) is 3.10. The Balaban J connectivity index is 2.74. The number of carboxylic acids is 1. The molecule has 0 aromatic rings. The molecule has 1 N–H and O–H groups in total. The number of rotatable bonds is 3. The van der Waals surface area contributed by atoms with Crippen molar-refractivity contribution in [1.82, 2.24) is 0 Å². The van der Waals surface area contributed by atoms with Crippen molar-refractivity contribution >= 4 is 27.9 Å². The number of carbonyl (C=O) groups is 2. The molecule has 4 nitrogen and oxygen atoms in total. The maximum absolute atomic E-state index is 11.7. The molecule has 0 heterocycles. The Kier molecular flexibility index (Phi) is 3.96. The fourth-order valence-electron chi connectivity index (χ4n) is 2.01. The zero-order chi connectivity index (χ0) is 14.3. The molecule has 0 radical (unpaired) electrons. The Bertz CT molecular complexity index is 404. The first-order valence-electron chi connectivity index (χ1n) is 5.80. The first-order valence-corrected chi connectivity index (χ1v) is 6.59. The molecular weight excluding hydrogens is 300 g/mol. The van der Waals surface area contributed by atoms with Gasteiger partial charge in [0.05, 0.1) is 10.4 Å². The highest BCUT2D eigenvalue weighted by atomic mass is 79.9. The largest absolute Gasteiger partial charge is 0.481 e. The number of esters is 1. The zero-order valence-corrected chi connectivity index (χ0v) is 12.9. The van der Waals surface area contributed by atoms with Gasteiger partial charge < -0.3 is 9.84 Å². The van der Waals surface area contributed by atoms with Crippen LogP contribution in [0.5, 0.6) is 0 Å². The summed E-state index contributed by atoms with van der Waals surface area (Å²) < 4.78 is 5.48. The Morgan fingerprint density at radius 1 is 1.33 bits per heavy atom. The minimum atomic E-state index is -0.828. The van der Waals surface area contributed by atoms with Gasteiger partial charge in [0, 0.05) is 0 Å². The van der Waals surface area contributed by atoms with E-state index in [0.29, 0.717) is 4.48 Å². The van der Waals surface area contributed by atoms with Crippen LogP contribution < -0.4 is 0 Å². The number of ether oxygens (including phenoxy) is 1. The highest BCUT2D eigenvalue weighted by Gasteiger charge is 2.61. The molecule has 1 aliphatic carbocycles. The quantitative estimate of drug-likeness (QED) is 0.642. The van der Waals surface area contributed by atoms with Gasteiger partial charge in [-0.15, -0.1) is 0 Å². The van der Waals surface area contributed by atoms with Gasteiger partial charge in [0.1, 0.15) is 5.60 Å². The van der Waals surface area contributed by atoms with Gasteiger partial charge in [0.15, 0.2) is 0 Å². The van der Waals surface area contributed by atoms with Crippen molar-refractivity contribution in [3.63, 3.8) is 0 Å². The van der Waals surface area contributed by atoms with Gasteiger partial charge in [-0.25, -0.2) is 4.79 Å². The standard InChI is InChI=1S/C13H19BrO4/c1-12(2,3)18-11(17)8(14)6-7-9(10(15)16)13(7,4)5/h6-7,9H,1-5H3,(H,15,16)/b8-6-. The van der Waals surface area contributed by atoms with Crippen LogP contribution in [0.1, 0.15) is 34.6 Å². The molecule has 102 valence electrons. The molecule has 1 aliphatic rings. The summed E-state index contributed by atoms with van der Waals surface area (Å²) in [4.78, 5) is 22.7. The van der Waals surface area contributed by atoms with E-state index >= 15 is 0 Å². The van der Waals surface area contributed by atoms with Crippen LogP contribution in [0, 0.1) is 17.3 Å². The van der Waals surface area contributed by atoms with Gasteiger partial charge in [0.25, 0.3) is 0 Å². The fourth-order valence-corrected chi connectivity index (χ4v) is 2.38. The second kappa shape index (κ2) is 4.68. The number of aliphatic carboxylic acids is 1. The lowest BCUT2D eigenvalue weighted by atomic mass is 10.1. The predicted molar refractivity (Wildman–Crippen MR) is 71.3 cm³/mol. The summed E-state index contributed by atoms with van der Waals surface area (Å²) in [6.45, 7) is 9.11. The summed E-state index contributed by atoms with van der Waals surface area (Å²) in [6.07, 6.45) is 1.65. The molecule has 0 aromatic heterocycles. The van der Waals surface area contributed by atoms with E-state index in [1.54, 1.807) is 26.8 Å². The molecule has 1 saturated carbocycles. The van der Waals surface area contributed by atoms with Crippen molar-refractivity contribution in [2.45, 2.75) is 40.2 Å². The van der Waals surface area contributed by atoms with E-state index in [-0.39, 0.29) is 11.3 Å². The highest BCUT2D eigenvalue weighted by molar-refractivity contribution is 9.12. The van der Waals surface area contributed by atoms with Crippen molar-refractivity contribution in [3.8, 4) is 0 Å². The number of hydrogen-bond donors (Lipinski definition) is 1. The lowest BCUT2D eigenvalue weighted by Gasteiger charge is -2.19. The van der Waals surface area contributed by atoms with E-state index in [0.717, 1.165) is 0 Å². The normalized spacial score (nSPS) is 26.7. The van der Waals surface area contributed by atoms with Crippen LogP contribution in [0.25, 0.3) is 0 Å². The summed E-state index contributed by atoms with van der Waals surface area (Å²) in [5, 5.41) is 9.04. The van der Waals surface area contributed by atoms with Gasteiger partial charge in [-0.05, 0) is 48.0 Å². The molecule has 1 rings (SSSR count). The lowest BCUT2D eigenvalue weighted by Crippen LogP contribution is -2.23. The summed E-state index contributed by atoms with van der Waals surface area (Å²) in [6, 6.07) is 0. The number of carbonyl (C=O) groups excluding carboxylic acids is 1. The van der Waals surface area contributed by atoms with Crippen LogP contribution in [0.4, 0.5) is 0 Å². The number of halogens is 1. The molecule has 5 heteroatoms. The van der Waals surface area contributed by atoms with E-state index in [2.05, 4.69) is 15.9 Å². The molecule has 0 amide bonds. The second-order valence-electron chi connectivity index (χ2n) is 6.18. The lowest BCUT2D eigenvalue weighted by molar-refractivity contribution is -0.149. The van der Waals surface area contributed by atoms with Crippen LogP contribution >= 0.6 is 15.9 Å². The van der Waals surface area contributed by atoms with Crippen LogP contribution in [0.2, 0.25) is 0 Å². The summed E-state index contributed by atoms with van der Waals surface area (Å²) in [5.74, 6) is -1.87. The Labute approximate surface area is 116 Å². The zero-order valence-electron chi connectivity index (χ0n) is 11.3. The third kappa shape index (κ3) is 3.34.